The third-order valence-corrected chi connectivity index (χ3v) is 3.92. The van der Waals surface area contributed by atoms with E-state index in [1.165, 1.54) is 0 Å². The Kier molecular flexibility index (Phi) is 5.40. The van der Waals surface area contributed by atoms with Gasteiger partial charge in [-0.1, -0.05) is 6.07 Å². The third-order valence-electron chi connectivity index (χ3n) is 3.92. The van der Waals surface area contributed by atoms with Gasteiger partial charge in [0.2, 0.25) is 0 Å². The minimum absolute atomic E-state index is 0.269. The molecule has 1 fully saturated rings. The lowest BCUT2D eigenvalue weighted by molar-refractivity contribution is 0.00118. The van der Waals surface area contributed by atoms with Crippen molar-refractivity contribution < 1.29 is 14.6 Å². The average Bonchev–Trinajstić information content (AvgIpc) is 2.53. The second-order valence-electron chi connectivity index (χ2n) is 5.28. The molecule has 1 saturated carbocycles. The fourth-order valence-corrected chi connectivity index (χ4v) is 2.63. The molecule has 1 N–H and O–H groups in total. The number of benzene rings is 1. The summed E-state index contributed by atoms with van der Waals surface area (Å²) >= 11 is 0. The summed E-state index contributed by atoms with van der Waals surface area (Å²) < 4.78 is 11.0. The van der Waals surface area contributed by atoms with Crippen LogP contribution in [0.15, 0.2) is 18.2 Å². The molecule has 0 heterocycles. The van der Waals surface area contributed by atoms with Crippen LogP contribution in [0, 0.1) is 17.2 Å². The summed E-state index contributed by atoms with van der Waals surface area (Å²) in [5, 5.41) is 18.2. The quantitative estimate of drug-likeness (QED) is 0.897. The Morgan fingerprint density at radius 2 is 2.05 bits per heavy atom. The van der Waals surface area contributed by atoms with Gasteiger partial charge in [0.05, 0.1) is 25.4 Å². The number of ether oxygens (including phenoxy) is 2. The first-order chi connectivity index (χ1) is 9.76. The predicted octanol–water partition coefficient (Wildman–Crippen LogP) is 2.63. The number of hydrogen-bond acceptors (Lipinski definition) is 4. The smallest absolute Gasteiger partial charge is 0.136 e. The minimum Gasteiger partial charge on any atom is -0.495 e. The van der Waals surface area contributed by atoms with E-state index < -0.39 is 0 Å². The van der Waals surface area contributed by atoms with E-state index in [1.807, 2.05) is 12.1 Å². The van der Waals surface area contributed by atoms with Crippen LogP contribution in [0.5, 0.6) is 5.75 Å². The van der Waals surface area contributed by atoms with Crippen LogP contribution in [0.2, 0.25) is 0 Å². The SMILES string of the molecule is COc1ccc(COC2CCC(CO)CC2)cc1C#N. The Balaban J connectivity index is 1.87. The largest absolute Gasteiger partial charge is 0.495 e. The highest BCUT2D eigenvalue weighted by Gasteiger charge is 2.21. The van der Waals surface area contributed by atoms with Crippen molar-refractivity contribution in [1.82, 2.24) is 0 Å². The number of methoxy groups -OCH3 is 1. The molecule has 0 saturated heterocycles. The molecule has 0 atom stereocenters. The molecule has 0 aromatic heterocycles. The van der Waals surface area contributed by atoms with Crippen molar-refractivity contribution in [2.24, 2.45) is 5.92 Å². The maximum atomic E-state index is 9.11. The molecule has 4 nitrogen and oxygen atoms in total. The van der Waals surface area contributed by atoms with E-state index in [2.05, 4.69) is 6.07 Å². The molecule has 0 amide bonds. The van der Waals surface area contributed by atoms with Crippen molar-refractivity contribution >= 4 is 0 Å². The van der Waals surface area contributed by atoms with Crippen LogP contribution < -0.4 is 4.74 Å². The standard InChI is InChI=1S/C16H21NO3/c1-19-16-7-4-13(8-14(16)9-17)11-20-15-5-2-12(10-18)3-6-15/h4,7-8,12,15,18H,2-3,5-6,10-11H2,1H3. The van der Waals surface area contributed by atoms with Crippen molar-refractivity contribution in [1.29, 1.82) is 5.26 Å². The van der Waals surface area contributed by atoms with Crippen molar-refractivity contribution in [2.45, 2.75) is 38.4 Å². The molecule has 0 bridgehead atoms. The van der Waals surface area contributed by atoms with Gasteiger partial charge in [-0.05, 0) is 49.3 Å². The second kappa shape index (κ2) is 7.28. The number of hydrogen-bond donors (Lipinski definition) is 1. The number of aliphatic hydroxyl groups is 1. The monoisotopic (exact) mass is 275 g/mol. The highest BCUT2D eigenvalue weighted by Crippen LogP contribution is 2.27. The number of nitriles is 1. The van der Waals surface area contributed by atoms with Gasteiger partial charge >= 0.3 is 0 Å². The lowest BCUT2D eigenvalue weighted by Gasteiger charge is -2.27. The topological polar surface area (TPSA) is 62.5 Å². The van der Waals surface area contributed by atoms with E-state index in [9.17, 15) is 0 Å². The van der Waals surface area contributed by atoms with Crippen molar-refractivity contribution in [3.8, 4) is 11.8 Å². The third kappa shape index (κ3) is 3.72. The Morgan fingerprint density at radius 1 is 1.30 bits per heavy atom. The molecular weight excluding hydrogens is 254 g/mol. The minimum atomic E-state index is 0.269. The summed E-state index contributed by atoms with van der Waals surface area (Å²) in [6, 6.07) is 7.68. The summed E-state index contributed by atoms with van der Waals surface area (Å²) in [6.07, 6.45) is 4.35. The fourth-order valence-electron chi connectivity index (χ4n) is 2.63. The van der Waals surface area contributed by atoms with Gasteiger partial charge in [0.15, 0.2) is 0 Å². The first kappa shape index (κ1) is 14.8. The average molecular weight is 275 g/mol. The van der Waals surface area contributed by atoms with Gasteiger partial charge in [0.25, 0.3) is 0 Å². The van der Waals surface area contributed by atoms with E-state index in [1.54, 1.807) is 13.2 Å². The maximum absolute atomic E-state index is 9.11. The molecule has 2 rings (SSSR count). The summed E-state index contributed by atoms with van der Waals surface area (Å²) in [5.41, 5.74) is 1.53. The summed E-state index contributed by atoms with van der Waals surface area (Å²) in [6.45, 7) is 0.809. The zero-order valence-electron chi connectivity index (χ0n) is 11.8. The van der Waals surface area contributed by atoms with Crippen LogP contribution in [-0.2, 0) is 11.3 Å². The Labute approximate surface area is 119 Å². The van der Waals surface area contributed by atoms with Crippen LogP contribution in [-0.4, -0.2) is 24.9 Å². The van der Waals surface area contributed by atoms with E-state index in [0.29, 0.717) is 23.8 Å². The first-order valence-corrected chi connectivity index (χ1v) is 7.06. The van der Waals surface area contributed by atoms with Gasteiger partial charge in [-0.3, -0.25) is 0 Å². The van der Waals surface area contributed by atoms with E-state index >= 15 is 0 Å². The van der Waals surface area contributed by atoms with Gasteiger partial charge in [-0.25, -0.2) is 0 Å². The van der Waals surface area contributed by atoms with Crippen LogP contribution in [0.4, 0.5) is 0 Å². The maximum Gasteiger partial charge on any atom is 0.136 e. The molecule has 0 radical (unpaired) electrons. The van der Waals surface area contributed by atoms with Gasteiger partial charge in [-0.2, -0.15) is 5.26 Å². The van der Waals surface area contributed by atoms with E-state index in [-0.39, 0.29) is 12.7 Å². The zero-order valence-corrected chi connectivity index (χ0v) is 11.8. The molecule has 1 aliphatic rings. The molecule has 0 spiro atoms. The highest BCUT2D eigenvalue weighted by molar-refractivity contribution is 5.45. The molecule has 1 aromatic rings. The normalized spacial score (nSPS) is 22.2. The van der Waals surface area contributed by atoms with Crippen molar-refractivity contribution in [3.63, 3.8) is 0 Å². The summed E-state index contributed by atoms with van der Waals surface area (Å²) in [5.74, 6) is 1.04. The van der Waals surface area contributed by atoms with Gasteiger partial charge in [0, 0.05) is 6.61 Å². The fraction of sp³-hybridized carbons (Fsp3) is 0.562. The highest BCUT2D eigenvalue weighted by atomic mass is 16.5. The molecule has 1 aromatic carbocycles. The van der Waals surface area contributed by atoms with Gasteiger partial charge in [-0.15, -0.1) is 0 Å². The lowest BCUT2D eigenvalue weighted by atomic mass is 9.88. The molecule has 0 aliphatic heterocycles. The Hall–Kier alpha value is -1.57. The van der Waals surface area contributed by atoms with Gasteiger partial charge < -0.3 is 14.6 Å². The lowest BCUT2D eigenvalue weighted by Crippen LogP contribution is -2.23. The van der Waals surface area contributed by atoms with Crippen LogP contribution >= 0.6 is 0 Å². The summed E-state index contributed by atoms with van der Waals surface area (Å²) in [4.78, 5) is 0. The van der Waals surface area contributed by atoms with E-state index in [0.717, 1.165) is 31.2 Å². The van der Waals surface area contributed by atoms with Crippen LogP contribution in [0.25, 0.3) is 0 Å². The second-order valence-corrected chi connectivity index (χ2v) is 5.28. The van der Waals surface area contributed by atoms with Gasteiger partial charge in [0.1, 0.15) is 11.8 Å². The van der Waals surface area contributed by atoms with Crippen LogP contribution in [0.3, 0.4) is 0 Å². The van der Waals surface area contributed by atoms with Crippen molar-refractivity contribution in [2.75, 3.05) is 13.7 Å². The molecule has 0 unspecified atom stereocenters. The van der Waals surface area contributed by atoms with E-state index in [4.69, 9.17) is 19.8 Å². The molecule has 4 heteroatoms. The Bertz CT molecular complexity index is 473. The Morgan fingerprint density at radius 3 is 2.65 bits per heavy atom. The zero-order chi connectivity index (χ0) is 14.4. The van der Waals surface area contributed by atoms with Crippen molar-refractivity contribution in [3.05, 3.63) is 29.3 Å². The first-order valence-electron chi connectivity index (χ1n) is 7.06. The number of nitrogens with zero attached hydrogens (tertiary/aromatic N) is 1. The molecule has 1 aliphatic carbocycles. The van der Waals surface area contributed by atoms with Crippen LogP contribution in [0.1, 0.15) is 36.8 Å². The number of aliphatic hydroxyl groups excluding tert-OH is 1. The number of rotatable bonds is 5. The predicted molar refractivity (Wildman–Crippen MR) is 75.3 cm³/mol. The molecule has 20 heavy (non-hydrogen) atoms. The molecular formula is C16H21NO3. The summed E-state index contributed by atoms with van der Waals surface area (Å²) in [7, 11) is 1.56. The molecule has 108 valence electrons.